The standard InChI is InChI=1S/C17H19N3O4/c1-19-10-14(15(23-2)6-16(19)21)17(22)20-8-12(9-20)11-24-13-4-3-5-18-7-13/h3-7,10,12H,8-9,11H2,1-2H3. The summed E-state index contributed by atoms with van der Waals surface area (Å²) in [6.07, 6.45) is 4.87. The first-order chi connectivity index (χ1) is 11.6. The van der Waals surface area contributed by atoms with Crippen LogP contribution in [-0.2, 0) is 7.05 Å². The molecular weight excluding hydrogens is 310 g/mol. The van der Waals surface area contributed by atoms with Crippen LogP contribution in [0.25, 0.3) is 0 Å². The van der Waals surface area contributed by atoms with Crippen molar-refractivity contribution in [3.8, 4) is 11.5 Å². The van der Waals surface area contributed by atoms with Gasteiger partial charge in [-0.1, -0.05) is 0 Å². The zero-order valence-corrected chi connectivity index (χ0v) is 13.6. The summed E-state index contributed by atoms with van der Waals surface area (Å²) in [5.74, 6) is 1.17. The van der Waals surface area contributed by atoms with Gasteiger partial charge in [0, 0.05) is 44.5 Å². The van der Waals surface area contributed by atoms with Crippen molar-refractivity contribution in [3.63, 3.8) is 0 Å². The number of hydrogen-bond donors (Lipinski definition) is 0. The molecule has 7 heteroatoms. The number of amides is 1. The van der Waals surface area contributed by atoms with Crippen molar-refractivity contribution >= 4 is 5.91 Å². The normalized spacial score (nSPS) is 14.2. The smallest absolute Gasteiger partial charge is 0.259 e. The molecule has 0 unspecified atom stereocenters. The minimum atomic E-state index is -0.213. The molecule has 0 bridgehead atoms. The predicted molar refractivity (Wildman–Crippen MR) is 87.4 cm³/mol. The minimum absolute atomic E-state index is 0.139. The third kappa shape index (κ3) is 3.24. The topological polar surface area (TPSA) is 73.7 Å². The van der Waals surface area contributed by atoms with Crippen LogP contribution in [0.5, 0.6) is 11.5 Å². The maximum atomic E-state index is 12.6. The summed E-state index contributed by atoms with van der Waals surface area (Å²) in [5.41, 5.74) is 0.181. The molecule has 0 saturated carbocycles. The van der Waals surface area contributed by atoms with Crippen molar-refractivity contribution in [2.45, 2.75) is 0 Å². The molecule has 0 spiro atoms. The van der Waals surface area contributed by atoms with Crippen LogP contribution in [0.15, 0.2) is 41.6 Å². The second-order valence-electron chi connectivity index (χ2n) is 5.78. The largest absolute Gasteiger partial charge is 0.496 e. The molecule has 2 aromatic rings. The maximum Gasteiger partial charge on any atom is 0.259 e. The zero-order chi connectivity index (χ0) is 17.1. The predicted octanol–water partition coefficient (Wildman–Crippen LogP) is 0.940. The Morgan fingerprint density at radius 1 is 1.42 bits per heavy atom. The van der Waals surface area contributed by atoms with Crippen molar-refractivity contribution < 1.29 is 14.3 Å². The van der Waals surface area contributed by atoms with Gasteiger partial charge in [-0.05, 0) is 12.1 Å². The number of aromatic nitrogens is 2. The summed E-state index contributed by atoms with van der Waals surface area (Å²) in [6, 6.07) is 5.00. The Hall–Kier alpha value is -2.83. The number of aryl methyl sites for hydroxylation is 1. The highest BCUT2D eigenvalue weighted by Gasteiger charge is 2.33. The van der Waals surface area contributed by atoms with E-state index in [1.54, 1.807) is 24.3 Å². The highest BCUT2D eigenvalue weighted by atomic mass is 16.5. The van der Waals surface area contributed by atoms with Gasteiger partial charge in [0.1, 0.15) is 11.5 Å². The number of carbonyl (C=O) groups is 1. The van der Waals surface area contributed by atoms with E-state index >= 15 is 0 Å². The average Bonchev–Trinajstić information content (AvgIpc) is 2.56. The first-order valence-corrected chi connectivity index (χ1v) is 7.65. The molecule has 24 heavy (non-hydrogen) atoms. The number of hydrogen-bond acceptors (Lipinski definition) is 5. The van der Waals surface area contributed by atoms with E-state index in [9.17, 15) is 9.59 Å². The number of likely N-dealkylation sites (tertiary alicyclic amines) is 1. The van der Waals surface area contributed by atoms with Crippen molar-refractivity contribution in [3.05, 3.63) is 52.7 Å². The summed E-state index contributed by atoms with van der Waals surface area (Å²) in [5, 5.41) is 0. The Morgan fingerprint density at radius 2 is 2.21 bits per heavy atom. The van der Waals surface area contributed by atoms with Crippen LogP contribution in [0, 0.1) is 5.92 Å². The quantitative estimate of drug-likeness (QED) is 0.816. The molecule has 1 aliphatic rings. The first kappa shape index (κ1) is 16.0. The van der Waals surface area contributed by atoms with E-state index in [2.05, 4.69) is 4.98 Å². The van der Waals surface area contributed by atoms with Gasteiger partial charge in [0.05, 0.1) is 25.5 Å². The van der Waals surface area contributed by atoms with Crippen LogP contribution >= 0.6 is 0 Å². The van der Waals surface area contributed by atoms with Gasteiger partial charge in [0.2, 0.25) is 0 Å². The van der Waals surface area contributed by atoms with E-state index in [0.29, 0.717) is 31.0 Å². The average molecular weight is 329 g/mol. The lowest BCUT2D eigenvalue weighted by Crippen LogP contribution is -2.52. The second kappa shape index (κ2) is 6.74. The van der Waals surface area contributed by atoms with Gasteiger partial charge >= 0.3 is 0 Å². The van der Waals surface area contributed by atoms with Crippen LogP contribution in [0.4, 0.5) is 0 Å². The van der Waals surface area contributed by atoms with E-state index in [4.69, 9.17) is 9.47 Å². The minimum Gasteiger partial charge on any atom is -0.496 e. The highest BCUT2D eigenvalue weighted by Crippen LogP contribution is 2.23. The van der Waals surface area contributed by atoms with Crippen molar-refractivity contribution in [2.24, 2.45) is 13.0 Å². The van der Waals surface area contributed by atoms with Gasteiger partial charge in [0.15, 0.2) is 0 Å². The Labute approximate surface area is 139 Å². The lowest BCUT2D eigenvalue weighted by Gasteiger charge is -2.39. The third-order valence-corrected chi connectivity index (χ3v) is 4.01. The molecule has 0 aromatic carbocycles. The molecule has 2 aromatic heterocycles. The van der Waals surface area contributed by atoms with Crippen LogP contribution < -0.4 is 15.0 Å². The molecule has 0 radical (unpaired) electrons. The van der Waals surface area contributed by atoms with Gasteiger partial charge in [-0.25, -0.2) is 0 Å². The van der Waals surface area contributed by atoms with Gasteiger partial charge in [-0.3, -0.25) is 14.6 Å². The number of nitrogens with zero attached hydrogens (tertiary/aromatic N) is 3. The van der Waals surface area contributed by atoms with E-state index in [1.807, 2.05) is 12.1 Å². The molecule has 3 heterocycles. The van der Waals surface area contributed by atoms with Gasteiger partial charge < -0.3 is 18.9 Å². The Balaban J connectivity index is 1.59. The van der Waals surface area contributed by atoms with Crippen molar-refractivity contribution in [1.82, 2.24) is 14.5 Å². The fourth-order valence-corrected chi connectivity index (χ4v) is 2.60. The Morgan fingerprint density at radius 3 is 2.88 bits per heavy atom. The van der Waals surface area contributed by atoms with E-state index in [-0.39, 0.29) is 17.4 Å². The molecule has 0 N–H and O–H groups in total. The van der Waals surface area contributed by atoms with E-state index in [1.165, 1.54) is 23.9 Å². The van der Waals surface area contributed by atoms with Crippen LogP contribution in [0.2, 0.25) is 0 Å². The molecular formula is C17H19N3O4. The van der Waals surface area contributed by atoms with Crippen molar-refractivity contribution in [2.75, 3.05) is 26.8 Å². The molecule has 126 valence electrons. The fourth-order valence-electron chi connectivity index (χ4n) is 2.60. The summed E-state index contributed by atoms with van der Waals surface area (Å²) < 4.78 is 12.2. The van der Waals surface area contributed by atoms with Crippen LogP contribution in [0.1, 0.15) is 10.4 Å². The van der Waals surface area contributed by atoms with Crippen molar-refractivity contribution in [1.29, 1.82) is 0 Å². The summed E-state index contributed by atoms with van der Waals surface area (Å²) in [7, 11) is 3.06. The number of ether oxygens (including phenoxy) is 2. The molecule has 0 aliphatic carbocycles. The monoisotopic (exact) mass is 329 g/mol. The first-order valence-electron chi connectivity index (χ1n) is 7.65. The number of rotatable bonds is 5. The lowest BCUT2D eigenvalue weighted by atomic mass is 10.00. The van der Waals surface area contributed by atoms with Gasteiger partial charge in [-0.15, -0.1) is 0 Å². The van der Waals surface area contributed by atoms with Crippen LogP contribution in [0.3, 0.4) is 0 Å². The Kier molecular flexibility index (Phi) is 4.50. The van der Waals surface area contributed by atoms with Gasteiger partial charge in [-0.2, -0.15) is 0 Å². The lowest BCUT2D eigenvalue weighted by molar-refractivity contribution is 0.0389. The molecule has 3 rings (SSSR count). The second-order valence-corrected chi connectivity index (χ2v) is 5.78. The SMILES string of the molecule is COc1cc(=O)n(C)cc1C(=O)N1CC(COc2cccnc2)C1. The van der Waals surface area contributed by atoms with E-state index in [0.717, 1.165) is 5.75 Å². The molecule has 1 amide bonds. The van der Waals surface area contributed by atoms with Crippen LogP contribution in [-0.4, -0.2) is 47.2 Å². The molecule has 1 aliphatic heterocycles. The molecule has 1 saturated heterocycles. The highest BCUT2D eigenvalue weighted by molar-refractivity contribution is 5.97. The molecule has 1 fully saturated rings. The van der Waals surface area contributed by atoms with E-state index < -0.39 is 0 Å². The Bertz CT molecular complexity index is 782. The fraction of sp³-hybridized carbons (Fsp3) is 0.353. The summed E-state index contributed by atoms with van der Waals surface area (Å²) >= 11 is 0. The summed E-state index contributed by atoms with van der Waals surface area (Å²) in [4.78, 5) is 29.9. The van der Waals surface area contributed by atoms with Gasteiger partial charge in [0.25, 0.3) is 11.5 Å². The molecule has 7 nitrogen and oxygen atoms in total. The number of carbonyl (C=O) groups excluding carboxylic acids is 1. The summed E-state index contributed by atoms with van der Waals surface area (Å²) in [6.45, 7) is 1.77. The number of pyridine rings is 2. The maximum absolute atomic E-state index is 12.6. The zero-order valence-electron chi connectivity index (χ0n) is 13.6. The third-order valence-electron chi connectivity index (χ3n) is 4.01. The number of methoxy groups -OCH3 is 1. The molecule has 0 atom stereocenters.